The van der Waals surface area contributed by atoms with Crippen molar-refractivity contribution in [2.45, 2.75) is 19.3 Å². The average Bonchev–Trinajstić information content (AvgIpc) is 3.23. The average molecular weight is 339 g/mol. The van der Waals surface area contributed by atoms with E-state index in [2.05, 4.69) is 34.7 Å². The summed E-state index contributed by atoms with van der Waals surface area (Å²) < 4.78 is 1.81. The SMILES string of the molecule is Cn1cc(-c2ccc(CCNC(=O)CCc3ccccc3)s2)cn1. The van der Waals surface area contributed by atoms with Gasteiger partial charge >= 0.3 is 0 Å². The maximum absolute atomic E-state index is 11.9. The Morgan fingerprint density at radius 1 is 1.17 bits per heavy atom. The molecule has 0 spiro atoms. The van der Waals surface area contributed by atoms with Crippen molar-refractivity contribution in [1.29, 1.82) is 0 Å². The van der Waals surface area contributed by atoms with Gasteiger partial charge < -0.3 is 5.32 Å². The molecule has 0 atom stereocenters. The predicted molar refractivity (Wildman–Crippen MR) is 98.0 cm³/mol. The van der Waals surface area contributed by atoms with E-state index >= 15 is 0 Å². The van der Waals surface area contributed by atoms with Gasteiger partial charge in [-0.25, -0.2) is 0 Å². The van der Waals surface area contributed by atoms with E-state index in [1.165, 1.54) is 15.3 Å². The molecular formula is C19H21N3OS. The predicted octanol–water partition coefficient (Wildman–Crippen LogP) is 3.44. The van der Waals surface area contributed by atoms with Crippen molar-refractivity contribution in [3.63, 3.8) is 0 Å². The van der Waals surface area contributed by atoms with E-state index in [1.54, 1.807) is 11.3 Å². The van der Waals surface area contributed by atoms with E-state index in [1.807, 2.05) is 42.3 Å². The maximum Gasteiger partial charge on any atom is 0.220 e. The second-order valence-corrected chi connectivity index (χ2v) is 6.92. The fourth-order valence-corrected chi connectivity index (χ4v) is 3.51. The van der Waals surface area contributed by atoms with Crippen molar-refractivity contribution in [3.8, 4) is 10.4 Å². The van der Waals surface area contributed by atoms with Crippen LogP contribution >= 0.6 is 11.3 Å². The number of aryl methyl sites for hydroxylation is 2. The zero-order chi connectivity index (χ0) is 16.8. The first-order valence-corrected chi connectivity index (χ1v) is 8.91. The smallest absolute Gasteiger partial charge is 0.220 e. The summed E-state index contributed by atoms with van der Waals surface area (Å²) in [4.78, 5) is 14.4. The number of thiophene rings is 1. The topological polar surface area (TPSA) is 46.9 Å². The lowest BCUT2D eigenvalue weighted by molar-refractivity contribution is -0.121. The van der Waals surface area contributed by atoms with Gasteiger partial charge in [0.05, 0.1) is 6.20 Å². The molecule has 0 fully saturated rings. The summed E-state index contributed by atoms with van der Waals surface area (Å²) in [6, 6.07) is 14.4. The maximum atomic E-state index is 11.9. The molecule has 0 aliphatic rings. The number of rotatable bonds is 7. The molecule has 0 radical (unpaired) electrons. The zero-order valence-corrected chi connectivity index (χ0v) is 14.6. The number of nitrogens with one attached hydrogen (secondary N) is 1. The third kappa shape index (κ3) is 4.55. The Labute approximate surface area is 146 Å². The quantitative estimate of drug-likeness (QED) is 0.717. The lowest BCUT2D eigenvalue weighted by atomic mass is 10.1. The molecule has 2 aromatic heterocycles. The van der Waals surface area contributed by atoms with Gasteiger partial charge in [0.25, 0.3) is 0 Å². The van der Waals surface area contributed by atoms with Crippen LogP contribution in [-0.4, -0.2) is 22.2 Å². The van der Waals surface area contributed by atoms with Gasteiger partial charge in [-0.3, -0.25) is 9.48 Å². The summed E-state index contributed by atoms with van der Waals surface area (Å²) in [6.45, 7) is 0.681. The van der Waals surface area contributed by atoms with Crippen molar-refractivity contribution in [3.05, 3.63) is 65.3 Å². The largest absolute Gasteiger partial charge is 0.356 e. The molecular weight excluding hydrogens is 318 g/mol. The van der Waals surface area contributed by atoms with Gasteiger partial charge in [0.1, 0.15) is 0 Å². The number of nitrogens with zero attached hydrogens (tertiary/aromatic N) is 2. The molecule has 5 heteroatoms. The molecule has 124 valence electrons. The van der Waals surface area contributed by atoms with Crippen LogP contribution in [0.25, 0.3) is 10.4 Å². The highest BCUT2D eigenvalue weighted by Gasteiger charge is 2.06. The van der Waals surface area contributed by atoms with E-state index < -0.39 is 0 Å². The summed E-state index contributed by atoms with van der Waals surface area (Å²) in [6.07, 6.45) is 6.08. The molecule has 0 bridgehead atoms. The number of carbonyl (C=O) groups is 1. The monoisotopic (exact) mass is 339 g/mol. The Hall–Kier alpha value is -2.40. The molecule has 1 amide bonds. The van der Waals surface area contributed by atoms with E-state index in [4.69, 9.17) is 0 Å². The Morgan fingerprint density at radius 2 is 2.00 bits per heavy atom. The minimum absolute atomic E-state index is 0.114. The summed E-state index contributed by atoms with van der Waals surface area (Å²) in [5, 5.41) is 7.21. The van der Waals surface area contributed by atoms with Crippen LogP contribution in [0.15, 0.2) is 54.9 Å². The van der Waals surface area contributed by atoms with Crippen molar-refractivity contribution >= 4 is 17.2 Å². The van der Waals surface area contributed by atoms with Crippen LogP contribution < -0.4 is 5.32 Å². The molecule has 0 unspecified atom stereocenters. The second kappa shape index (κ2) is 7.93. The number of hydrogen-bond acceptors (Lipinski definition) is 3. The van der Waals surface area contributed by atoms with Crippen LogP contribution in [0.2, 0.25) is 0 Å². The van der Waals surface area contributed by atoms with Gasteiger partial charge in [0.15, 0.2) is 0 Å². The minimum Gasteiger partial charge on any atom is -0.356 e. The molecule has 0 aliphatic carbocycles. The molecule has 3 aromatic rings. The van der Waals surface area contributed by atoms with Crippen molar-refractivity contribution in [1.82, 2.24) is 15.1 Å². The van der Waals surface area contributed by atoms with Crippen LogP contribution in [0, 0.1) is 0 Å². The summed E-state index contributed by atoms with van der Waals surface area (Å²) in [5.41, 5.74) is 2.34. The van der Waals surface area contributed by atoms with Crippen LogP contribution in [0.4, 0.5) is 0 Å². The van der Waals surface area contributed by atoms with Crippen molar-refractivity contribution in [2.75, 3.05) is 6.54 Å². The fourth-order valence-electron chi connectivity index (χ4n) is 2.53. The molecule has 1 aromatic carbocycles. The van der Waals surface area contributed by atoms with Crippen molar-refractivity contribution < 1.29 is 4.79 Å². The number of benzene rings is 1. The number of hydrogen-bond donors (Lipinski definition) is 1. The van der Waals surface area contributed by atoms with Crippen LogP contribution in [0.5, 0.6) is 0 Å². The van der Waals surface area contributed by atoms with Crippen LogP contribution in [0.1, 0.15) is 16.9 Å². The number of carbonyl (C=O) groups excluding carboxylic acids is 1. The molecule has 0 saturated heterocycles. The lowest BCUT2D eigenvalue weighted by Crippen LogP contribution is -2.25. The van der Waals surface area contributed by atoms with Crippen LogP contribution in [0.3, 0.4) is 0 Å². The highest BCUT2D eigenvalue weighted by Crippen LogP contribution is 2.27. The molecule has 0 aliphatic heterocycles. The second-order valence-electron chi connectivity index (χ2n) is 5.75. The Kier molecular flexibility index (Phi) is 5.43. The van der Waals surface area contributed by atoms with E-state index in [-0.39, 0.29) is 5.91 Å². The third-order valence-electron chi connectivity index (χ3n) is 3.83. The summed E-state index contributed by atoms with van der Waals surface area (Å²) >= 11 is 1.76. The van der Waals surface area contributed by atoms with Gasteiger partial charge in [-0.05, 0) is 30.5 Å². The first-order chi connectivity index (χ1) is 11.7. The number of aromatic nitrogens is 2. The Morgan fingerprint density at radius 3 is 2.75 bits per heavy atom. The standard InChI is InChI=1S/C19H21N3OS/c1-22-14-16(13-21-22)18-9-8-17(24-18)11-12-20-19(23)10-7-15-5-3-2-4-6-15/h2-6,8-9,13-14H,7,10-12H2,1H3,(H,20,23). The Bertz CT molecular complexity index is 792. The Balaban J connectivity index is 1.41. The highest BCUT2D eigenvalue weighted by atomic mass is 32.1. The molecule has 2 heterocycles. The van der Waals surface area contributed by atoms with E-state index in [0.29, 0.717) is 13.0 Å². The molecule has 3 rings (SSSR count). The van der Waals surface area contributed by atoms with Gasteiger partial charge in [0, 0.05) is 41.5 Å². The van der Waals surface area contributed by atoms with Gasteiger partial charge in [-0.1, -0.05) is 30.3 Å². The number of amides is 1. The normalized spacial score (nSPS) is 10.7. The van der Waals surface area contributed by atoms with Crippen molar-refractivity contribution in [2.24, 2.45) is 7.05 Å². The van der Waals surface area contributed by atoms with E-state index in [0.717, 1.165) is 18.4 Å². The molecule has 4 nitrogen and oxygen atoms in total. The van der Waals surface area contributed by atoms with Gasteiger partial charge in [-0.15, -0.1) is 11.3 Å². The third-order valence-corrected chi connectivity index (χ3v) is 5.02. The summed E-state index contributed by atoms with van der Waals surface area (Å²) in [7, 11) is 1.92. The molecule has 0 saturated carbocycles. The molecule has 24 heavy (non-hydrogen) atoms. The molecule has 1 N–H and O–H groups in total. The zero-order valence-electron chi connectivity index (χ0n) is 13.7. The first kappa shape index (κ1) is 16.5. The van der Waals surface area contributed by atoms with Gasteiger partial charge in [-0.2, -0.15) is 5.10 Å². The highest BCUT2D eigenvalue weighted by molar-refractivity contribution is 7.15. The summed E-state index contributed by atoms with van der Waals surface area (Å²) in [5.74, 6) is 0.114. The van der Waals surface area contributed by atoms with E-state index in [9.17, 15) is 4.79 Å². The fraction of sp³-hybridized carbons (Fsp3) is 0.263. The lowest BCUT2D eigenvalue weighted by Gasteiger charge is -2.04. The minimum atomic E-state index is 0.114. The van der Waals surface area contributed by atoms with Crippen LogP contribution in [-0.2, 0) is 24.7 Å². The van der Waals surface area contributed by atoms with Gasteiger partial charge in [0.2, 0.25) is 5.91 Å². The first-order valence-electron chi connectivity index (χ1n) is 8.09.